The first-order valence-electron chi connectivity index (χ1n) is 9.98. The number of methoxy groups -OCH3 is 2. The van der Waals surface area contributed by atoms with Crippen molar-refractivity contribution in [3.05, 3.63) is 34.3 Å². The van der Waals surface area contributed by atoms with Crippen LogP contribution in [0.1, 0.15) is 20.8 Å². The summed E-state index contributed by atoms with van der Waals surface area (Å²) in [6.45, 7) is 5.52. The van der Waals surface area contributed by atoms with Crippen molar-refractivity contribution in [3.8, 4) is 23.0 Å². The van der Waals surface area contributed by atoms with Gasteiger partial charge in [-0.25, -0.2) is 0 Å². The first kappa shape index (κ1) is 26.2. The Labute approximate surface area is 202 Å². The van der Waals surface area contributed by atoms with Crippen LogP contribution < -0.4 is 24.3 Å². The van der Waals surface area contributed by atoms with E-state index in [0.717, 1.165) is 0 Å². The summed E-state index contributed by atoms with van der Waals surface area (Å²) in [6, 6.07) is 4.73. The SMILES string of the molecule is CCOc1cc(Cl)c(OCC)c(NC(=O)C(N=Nc2c(Cl)cc(OC)cc2OC)C(C)=O)c1. The Morgan fingerprint density at radius 3 is 2.21 bits per heavy atom. The van der Waals surface area contributed by atoms with Crippen molar-refractivity contribution in [3.63, 3.8) is 0 Å². The number of rotatable bonds is 11. The Kier molecular flexibility index (Phi) is 9.74. The Balaban J connectivity index is 2.39. The molecular weight excluding hydrogens is 473 g/mol. The average molecular weight is 498 g/mol. The first-order valence-corrected chi connectivity index (χ1v) is 10.7. The molecule has 0 aromatic heterocycles. The summed E-state index contributed by atoms with van der Waals surface area (Å²) < 4.78 is 21.4. The molecule has 0 fully saturated rings. The van der Waals surface area contributed by atoms with Crippen LogP contribution in [0, 0.1) is 0 Å². The molecule has 2 aromatic carbocycles. The molecule has 0 spiro atoms. The summed E-state index contributed by atoms with van der Waals surface area (Å²) in [5, 5.41) is 11.0. The molecule has 0 saturated carbocycles. The van der Waals surface area contributed by atoms with Crippen LogP contribution in [0.2, 0.25) is 10.0 Å². The summed E-state index contributed by atoms with van der Waals surface area (Å²) in [6.07, 6.45) is 0. The monoisotopic (exact) mass is 497 g/mol. The number of nitrogens with zero attached hydrogens (tertiary/aromatic N) is 2. The van der Waals surface area contributed by atoms with Crippen molar-refractivity contribution < 1.29 is 28.5 Å². The maximum absolute atomic E-state index is 12.9. The number of Topliss-reactive ketones (excluding diaryl/α,β-unsaturated/α-hetero) is 1. The van der Waals surface area contributed by atoms with E-state index < -0.39 is 17.7 Å². The number of carbonyl (C=O) groups excluding carboxylic acids is 2. The molecule has 0 aliphatic rings. The molecule has 0 aliphatic carbocycles. The van der Waals surface area contributed by atoms with E-state index in [-0.39, 0.29) is 32.9 Å². The van der Waals surface area contributed by atoms with Gasteiger partial charge in [-0.3, -0.25) is 9.59 Å². The molecular formula is C22H25Cl2N3O6. The smallest absolute Gasteiger partial charge is 0.258 e. The second-order valence-corrected chi connectivity index (χ2v) is 7.34. The number of benzene rings is 2. The molecule has 33 heavy (non-hydrogen) atoms. The summed E-state index contributed by atoms with van der Waals surface area (Å²) >= 11 is 12.5. The van der Waals surface area contributed by atoms with E-state index in [1.165, 1.54) is 27.2 Å². The highest BCUT2D eigenvalue weighted by Gasteiger charge is 2.26. The van der Waals surface area contributed by atoms with Crippen LogP contribution in [-0.4, -0.2) is 45.2 Å². The van der Waals surface area contributed by atoms with E-state index in [1.54, 1.807) is 25.1 Å². The summed E-state index contributed by atoms with van der Waals surface area (Å²) in [5.41, 5.74) is 0.384. The highest BCUT2D eigenvalue weighted by molar-refractivity contribution is 6.33. The molecule has 0 aliphatic heterocycles. The largest absolute Gasteiger partial charge is 0.497 e. The van der Waals surface area contributed by atoms with Gasteiger partial charge in [-0.05, 0) is 20.8 Å². The standard InChI is InChI=1S/C22H25Cl2N3O6/c1-6-32-14-9-16(24)21(33-7-2)17(10-14)25-22(29)19(12(3)28)26-27-20-15(23)8-13(30-4)11-18(20)31-5/h8-11,19H,6-7H2,1-5H3,(H,25,29). The number of hydrogen-bond donors (Lipinski definition) is 1. The minimum absolute atomic E-state index is 0.149. The summed E-state index contributed by atoms with van der Waals surface area (Å²) in [7, 11) is 2.90. The minimum Gasteiger partial charge on any atom is -0.497 e. The zero-order valence-electron chi connectivity index (χ0n) is 18.9. The molecule has 9 nitrogen and oxygen atoms in total. The van der Waals surface area contributed by atoms with Gasteiger partial charge < -0.3 is 24.3 Å². The zero-order chi connectivity index (χ0) is 24.5. The second-order valence-electron chi connectivity index (χ2n) is 6.53. The maximum Gasteiger partial charge on any atom is 0.258 e. The third kappa shape index (κ3) is 6.72. The second kappa shape index (κ2) is 12.3. The van der Waals surface area contributed by atoms with Crippen LogP contribution in [0.25, 0.3) is 0 Å². The molecule has 1 unspecified atom stereocenters. The molecule has 1 amide bonds. The summed E-state index contributed by atoms with van der Waals surface area (Å²) in [4.78, 5) is 25.1. The lowest BCUT2D eigenvalue weighted by Crippen LogP contribution is -2.32. The van der Waals surface area contributed by atoms with E-state index in [9.17, 15) is 9.59 Å². The van der Waals surface area contributed by atoms with Crippen LogP contribution >= 0.6 is 23.2 Å². The van der Waals surface area contributed by atoms with Gasteiger partial charge in [-0.1, -0.05) is 23.2 Å². The van der Waals surface area contributed by atoms with Crippen LogP contribution in [-0.2, 0) is 9.59 Å². The highest BCUT2D eigenvalue weighted by atomic mass is 35.5. The van der Waals surface area contributed by atoms with Crippen LogP contribution in [0.5, 0.6) is 23.0 Å². The van der Waals surface area contributed by atoms with Crippen molar-refractivity contribution in [2.45, 2.75) is 26.8 Å². The molecule has 0 saturated heterocycles. The predicted molar refractivity (Wildman–Crippen MR) is 126 cm³/mol. The summed E-state index contributed by atoms with van der Waals surface area (Å²) in [5.74, 6) is 0.115. The Morgan fingerprint density at radius 2 is 1.64 bits per heavy atom. The van der Waals surface area contributed by atoms with Gasteiger partial charge in [-0.15, -0.1) is 5.11 Å². The third-order valence-corrected chi connectivity index (χ3v) is 4.81. The van der Waals surface area contributed by atoms with E-state index in [1.807, 2.05) is 6.92 Å². The van der Waals surface area contributed by atoms with E-state index >= 15 is 0 Å². The van der Waals surface area contributed by atoms with Crippen molar-refractivity contribution in [1.29, 1.82) is 0 Å². The Hall–Kier alpha value is -3.04. The van der Waals surface area contributed by atoms with E-state index in [0.29, 0.717) is 24.7 Å². The maximum atomic E-state index is 12.9. The normalized spacial score (nSPS) is 11.7. The Morgan fingerprint density at radius 1 is 0.970 bits per heavy atom. The number of halogens is 2. The lowest BCUT2D eigenvalue weighted by atomic mass is 10.2. The number of nitrogens with one attached hydrogen (secondary N) is 1. The average Bonchev–Trinajstić information content (AvgIpc) is 2.76. The van der Waals surface area contributed by atoms with Crippen molar-refractivity contribution >= 4 is 46.3 Å². The van der Waals surface area contributed by atoms with Crippen molar-refractivity contribution in [2.24, 2.45) is 10.2 Å². The zero-order valence-corrected chi connectivity index (χ0v) is 20.4. The van der Waals surface area contributed by atoms with Gasteiger partial charge in [-0.2, -0.15) is 5.11 Å². The predicted octanol–water partition coefficient (Wildman–Crippen LogP) is 5.49. The number of anilines is 1. The molecule has 0 radical (unpaired) electrons. The third-order valence-electron chi connectivity index (χ3n) is 4.24. The molecule has 178 valence electrons. The topological polar surface area (TPSA) is 108 Å². The fraction of sp³-hybridized carbons (Fsp3) is 0.364. The fourth-order valence-electron chi connectivity index (χ4n) is 2.76. The lowest BCUT2D eigenvalue weighted by molar-refractivity contribution is -0.126. The van der Waals surface area contributed by atoms with E-state index in [2.05, 4.69) is 15.5 Å². The number of ether oxygens (including phenoxy) is 4. The molecule has 0 bridgehead atoms. The molecule has 1 atom stereocenters. The number of ketones is 1. The van der Waals surface area contributed by atoms with Crippen LogP contribution in [0.4, 0.5) is 11.4 Å². The number of azo groups is 1. The molecule has 2 rings (SSSR count). The lowest BCUT2D eigenvalue weighted by Gasteiger charge is -2.16. The van der Waals surface area contributed by atoms with Gasteiger partial charge in [0.25, 0.3) is 5.91 Å². The van der Waals surface area contributed by atoms with Gasteiger partial charge in [0, 0.05) is 24.3 Å². The number of carbonyl (C=O) groups is 2. The van der Waals surface area contributed by atoms with Gasteiger partial charge >= 0.3 is 0 Å². The Bertz CT molecular complexity index is 1050. The van der Waals surface area contributed by atoms with Gasteiger partial charge in [0.1, 0.15) is 17.2 Å². The van der Waals surface area contributed by atoms with Crippen LogP contribution in [0.3, 0.4) is 0 Å². The quantitative estimate of drug-likeness (QED) is 0.324. The molecule has 0 heterocycles. The first-order chi connectivity index (χ1) is 15.7. The van der Waals surface area contributed by atoms with E-state index in [4.69, 9.17) is 42.1 Å². The van der Waals surface area contributed by atoms with Gasteiger partial charge in [0.05, 0.1) is 43.2 Å². The molecule has 1 N–H and O–H groups in total. The van der Waals surface area contributed by atoms with Crippen molar-refractivity contribution in [2.75, 3.05) is 32.8 Å². The number of amides is 1. The minimum atomic E-state index is -1.46. The number of hydrogen-bond acceptors (Lipinski definition) is 8. The molecule has 11 heteroatoms. The van der Waals surface area contributed by atoms with Crippen molar-refractivity contribution in [1.82, 2.24) is 0 Å². The molecule has 2 aromatic rings. The van der Waals surface area contributed by atoms with Crippen LogP contribution in [0.15, 0.2) is 34.5 Å². The fourth-order valence-corrected chi connectivity index (χ4v) is 3.26. The van der Waals surface area contributed by atoms with Gasteiger partial charge in [0.15, 0.2) is 17.3 Å². The van der Waals surface area contributed by atoms with Gasteiger partial charge in [0.2, 0.25) is 6.04 Å². The highest BCUT2D eigenvalue weighted by Crippen LogP contribution is 2.40.